The van der Waals surface area contributed by atoms with Crippen molar-refractivity contribution in [3.63, 3.8) is 0 Å². The molecule has 76 valence electrons. The molecule has 0 spiro atoms. The molecule has 0 saturated heterocycles. The summed E-state index contributed by atoms with van der Waals surface area (Å²) in [6.07, 6.45) is 6.83. The molecule has 0 N–H and O–H groups in total. The van der Waals surface area contributed by atoms with Crippen molar-refractivity contribution in [3.05, 3.63) is 48.0 Å². The average Bonchev–Trinajstić information content (AvgIpc) is 2.19. The van der Waals surface area contributed by atoms with Crippen molar-refractivity contribution in [1.29, 1.82) is 0 Å². The van der Waals surface area contributed by atoms with E-state index >= 15 is 0 Å². The van der Waals surface area contributed by atoms with Crippen LogP contribution < -0.4 is 0 Å². The molecule has 1 rings (SSSR count). The second-order valence-corrected chi connectivity index (χ2v) is 4.43. The van der Waals surface area contributed by atoms with Crippen molar-refractivity contribution in [3.8, 4) is 0 Å². The Labute approximate surface area is 87.7 Å². The molecule has 0 aliphatic rings. The van der Waals surface area contributed by atoms with Crippen molar-refractivity contribution in [2.24, 2.45) is 5.41 Å². The van der Waals surface area contributed by atoms with Crippen molar-refractivity contribution in [2.75, 3.05) is 0 Å². The van der Waals surface area contributed by atoms with E-state index in [-0.39, 0.29) is 0 Å². The van der Waals surface area contributed by atoms with Gasteiger partial charge in [-0.1, -0.05) is 63.3 Å². The summed E-state index contributed by atoms with van der Waals surface area (Å²) >= 11 is 0. The molecule has 0 aliphatic heterocycles. The summed E-state index contributed by atoms with van der Waals surface area (Å²) < 4.78 is 0. The Hall–Kier alpha value is -1.04. The van der Waals surface area contributed by atoms with E-state index < -0.39 is 0 Å². The summed E-state index contributed by atoms with van der Waals surface area (Å²) in [5.74, 6) is 0. The second kappa shape index (κ2) is 4.99. The summed E-state index contributed by atoms with van der Waals surface area (Å²) in [5, 5.41) is 0. The fourth-order valence-electron chi connectivity index (χ4n) is 1.25. The lowest BCUT2D eigenvalue weighted by molar-refractivity contribution is 0.461. The van der Waals surface area contributed by atoms with Crippen LogP contribution in [-0.2, 0) is 6.42 Å². The molecule has 0 radical (unpaired) electrons. The van der Waals surface area contributed by atoms with Gasteiger partial charge in [0.1, 0.15) is 0 Å². The molecule has 14 heavy (non-hydrogen) atoms. The SMILES string of the molecule is CCC(C)(C)/C=C\Cc1ccccc1. The molecule has 0 unspecified atom stereocenters. The highest BCUT2D eigenvalue weighted by Crippen LogP contribution is 2.21. The van der Waals surface area contributed by atoms with Crippen LogP contribution in [0, 0.1) is 5.41 Å². The van der Waals surface area contributed by atoms with Crippen LogP contribution in [0.2, 0.25) is 0 Å². The molecule has 0 saturated carbocycles. The van der Waals surface area contributed by atoms with Crippen LogP contribution >= 0.6 is 0 Å². The third-order valence-electron chi connectivity index (χ3n) is 2.68. The van der Waals surface area contributed by atoms with Gasteiger partial charge < -0.3 is 0 Å². The van der Waals surface area contributed by atoms with Gasteiger partial charge in [0.25, 0.3) is 0 Å². The van der Waals surface area contributed by atoms with Crippen molar-refractivity contribution in [2.45, 2.75) is 33.6 Å². The quantitative estimate of drug-likeness (QED) is 0.620. The van der Waals surface area contributed by atoms with Gasteiger partial charge in [-0.25, -0.2) is 0 Å². The minimum absolute atomic E-state index is 0.342. The molecule has 0 fully saturated rings. The number of rotatable bonds is 4. The molecule has 0 heteroatoms. The Morgan fingerprint density at radius 2 is 1.79 bits per heavy atom. The van der Waals surface area contributed by atoms with Gasteiger partial charge in [0, 0.05) is 0 Å². The van der Waals surface area contributed by atoms with Crippen molar-refractivity contribution < 1.29 is 0 Å². The normalized spacial score (nSPS) is 12.2. The van der Waals surface area contributed by atoms with Crippen LogP contribution in [0.4, 0.5) is 0 Å². The zero-order valence-corrected chi connectivity index (χ0v) is 9.46. The lowest BCUT2D eigenvalue weighted by Crippen LogP contribution is -2.04. The molecule has 0 atom stereocenters. The summed E-state index contributed by atoms with van der Waals surface area (Å²) in [7, 11) is 0. The largest absolute Gasteiger partial charge is 0.0836 e. The predicted octanol–water partition coefficient (Wildman–Crippen LogP) is 4.22. The van der Waals surface area contributed by atoms with Gasteiger partial charge in [-0.2, -0.15) is 0 Å². The maximum Gasteiger partial charge on any atom is -0.00973 e. The van der Waals surface area contributed by atoms with E-state index in [1.807, 2.05) is 0 Å². The molecule has 1 aromatic carbocycles. The van der Waals surface area contributed by atoms with Gasteiger partial charge in [0.15, 0.2) is 0 Å². The number of benzene rings is 1. The summed E-state index contributed by atoms with van der Waals surface area (Å²) in [6, 6.07) is 10.6. The van der Waals surface area contributed by atoms with Crippen LogP contribution in [0.25, 0.3) is 0 Å². The summed E-state index contributed by atoms with van der Waals surface area (Å²) in [4.78, 5) is 0. The van der Waals surface area contributed by atoms with Gasteiger partial charge >= 0.3 is 0 Å². The van der Waals surface area contributed by atoms with Crippen LogP contribution in [0.1, 0.15) is 32.8 Å². The van der Waals surface area contributed by atoms with E-state index in [0.29, 0.717) is 5.41 Å². The Morgan fingerprint density at radius 1 is 1.14 bits per heavy atom. The lowest BCUT2D eigenvalue weighted by Gasteiger charge is -2.16. The van der Waals surface area contributed by atoms with Gasteiger partial charge in [-0.05, 0) is 23.8 Å². The van der Waals surface area contributed by atoms with E-state index in [9.17, 15) is 0 Å². The van der Waals surface area contributed by atoms with E-state index in [1.54, 1.807) is 0 Å². The smallest absolute Gasteiger partial charge is 0.00973 e. The molecule has 0 heterocycles. The van der Waals surface area contributed by atoms with Crippen molar-refractivity contribution >= 4 is 0 Å². The Bertz CT molecular complexity index is 280. The van der Waals surface area contributed by atoms with Gasteiger partial charge in [-0.15, -0.1) is 0 Å². The fraction of sp³-hybridized carbons (Fsp3) is 0.429. The monoisotopic (exact) mass is 188 g/mol. The number of hydrogen-bond donors (Lipinski definition) is 0. The second-order valence-electron chi connectivity index (χ2n) is 4.43. The predicted molar refractivity (Wildman–Crippen MR) is 63.4 cm³/mol. The molecule has 0 aromatic heterocycles. The average molecular weight is 188 g/mol. The van der Waals surface area contributed by atoms with Gasteiger partial charge in [0.2, 0.25) is 0 Å². The molecular weight excluding hydrogens is 168 g/mol. The van der Waals surface area contributed by atoms with Crippen LogP contribution in [-0.4, -0.2) is 0 Å². The molecule has 0 amide bonds. The summed E-state index contributed by atoms with van der Waals surface area (Å²) in [5.41, 5.74) is 1.73. The van der Waals surface area contributed by atoms with E-state index in [4.69, 9.17) is 0 Å². The molecular formula is C14H20. The van der Waals surface area contributed by atoms with Crippen LogP contribution in [0.5, 0.6) is 0 Å². The number of hydrogen-bond acceptors (Lipinski definition) is 0. The minimum atomic E-state index is 0.342. The van der Waals surface area contributed by atoms with Crippen LogP contribution in [0.15, 0.2) is 42.5 Å². The zero-order chi connectivity index (χ0) is 10.4. The van der Waals surface area contributed by atoms with Crippen molar-refractivity contribution in [1.82, 2.24) is 0 Å². The summed E-state index contributed by atoms with van der Waals surface area (Å²) in [6.45, 7) is 6.77. The van der Waals surface area contributed by atoms with E-state index in [2.05, 4.69) is 63.3 Å². The highest BCUT2D eigenvalue weighted by molar-refractivity contribution is 5.17. The third-order valence-corrected chi connectivity index (χ3v) is 2.68. The standard InChI is InChI=1S/C14H20/c1-4-14(2,3)12-8-11-13-9-6-5-7-10-13/h5-10,12H,4,11H2,1-3H3/b12-8-. The first-order chi connectivity index (χ1) is 6.64. The Morgan fingerprint density at radius 3 is 2.36 bits per heavy atom. The zero-order valence-electron chi connectivity index (χ0n) is 9.46. The van der Waals surface area contributed by atoms with Crippen LogP contribution in [0.3, 0.4) is 0 Å². The Kier molecular flexibility index (Phi) is 3.94. The maximum absolute atomic E-state index is 2.32. The highest BCUT2D eigenvalue weighted by atomic mass is 14.1. The number of allylic oxidation sites excluding steroid dienone is 2. The highest BCUT2D eigenvalue weighted by Gasteiger charge is 2.08. The van der Waals surface area contributed by atoms with E-state index in [1.165, 1.54) is 12.0 Å². The first-order valence-corrected chi connectivity index (χ1v) is 5.36. The molecule has 0 bridgehead atoms. The fourth-order valence-corrected chi connectivity index (χ4v) is 1.25. The van der Waals surface area contributed by atoms with Gasteiger partial charge in [-0.3, -0.25) is 0 Å². The first-order valence-electron chi connectivity index (χ1n) is 5.36. The van der Waals surface area contributed by atoms with Gasteiger partial charge in [0.05, 0.1) is 0 Å². The molecule has 1 aromatic rings. The lowest BCUT2D eigenvalue weighted by atomic mass is 9.89. The molecule has 0 aliphatic carbocycles. The molecule has 0 nitrogen and oxygen atoms in total. The Balaban J connectivity index is 2.49. The first kappa shape index (κ1) is 11.0. The minimum Gasteiger partial charge on any atom is -0.0836 e. The third kappa shape index (κ3) is 3.78. The van der Waals surface area contributed by atoms with E-state index in [0.717, 1.165) is 6.42 Å². The maximum atomic E-state index is 2.32. The topological polar surface area (TPSA) is 0 Å².